The summed E-state index contributed by atoms with van der Waals surface area (Å²) in [4.78, 5) is 34.3. The van der Waals surface area contributed by atoms with Crippen molar-refractivity contribution in [3.63, 3.8) is 0 Å². The second kappa shape index (κ2) is 5.00. The summed E-state index contributed by atoms with van der Waals surface area (Å²) in [6.07, 6.45) is 1.89. The first-order valence-corrected chi connectivity index (χ1v) is 5.82. The van der Waals surface area contributed by atoms with E-state index in [0.29, 0.717) is 12.1 Å². The number of carbonyl (C=O) groups is 3. The summed E-state index contributed by atoms with van der Waals surface area (Å²) in [5.41, 5.74) is 0.727. The number of fused-ring (bicyclic) bond motifs is 1. The van der Waals surface area contributed by atoms with Crippen LogP contribution in [-0.2, 0) is 4.74 Å². The maximum atomic E-state index is 11.8. The van der Waals surface area contributed by atoms with Crippen molar-refractivity contribution in [2.45, 2.75) is 19.8 Å². The number of cyclic esters (lactones) is 2. The summed E-state index contributed by atoms with van der Waals surface area (Å²) < 4.78 is 4.46. The monoisotopic (exact) mass is 247 g/mol. The number of nitrogens with one attached hydrogen (secondary N) is 1. The first kappa shape index (κ1) is 12.3. The van der Waals surface area contributed by atoms with E-state index in [0.717, 1.165) is 12.8 Å². The molecule has 0 aromatic heterocycles. The molecule has 18 heavy (non-hydrogen) atoms. The van der Waals surface area contributed by atoms with E-state index in [1.165, 1.54) is 18.2 Å². The van der Waals surface area contributed by atoms with Crippen molar-refractivity contribution in [2.75, 3.05) is 6.54 Å². The van der Waals surface area contributed by atoms with Gasteiger partial charge in [0.05, 0.1) is 11.1 Å². The molecule has 1 aromatic rings. The number of unbranched alkanes of at least 4 members (excludes halogenated alkanes) is 1. The van der Waals surface area contributed by atoms with E-state index in [4.69, 9.17) is 0 Å². The number of carbonyl (C=O) groups excluding carboxylic acids is 3. The standard InChI is InChI=1S/C13H13NO4/c1-2-3-6-14-11(15)8-4-5-9-10(7-8)13(17)18-12(9)16/h4-5,7H,2-3,6H2,1H3,(H,14,15). The Balaban J connectivity index is 2.17. The lowest BCUT2D eigenvalue weighted by Gasteiger charge is -2.04. The van der Waals surface area contributed by atoms with Crippen LogP contribution in [-0.4, -0.2) is 24.4 Å². The van der Waals surface area contributed by atoms with Crippen molar-refractivity contribution in [3.05, 3.63) is 34.9 Å². The van der Waals surface area contributed by atoms with Gasteiger partial charge in [-0.25, -0.2) is 9.59 Å². The van der Waals surface area contributed by atoms with Gasteiger partial charge in [0, 0.05) is 12.1 Å². The maximum absolute atomic E-state index is 11.8. The molecule has 0 spiro atoms. The summed E-state index contributed by atoms with van der Waals surface area (Å²) in [7, 11) is 0. The van der Waals surface area contributed by atoms with Gasteiger partial charge in [-0.3, -0.25) is 4.79 Å². The molecule has 0 saturated heterocycles. The topological polar surface area (TPSA) is 72.5 Å². The van der Waals surface area contributed by atoms with Crippen LogP contribution in [0.2, 0.25) is 0 Å². The SMILES string of the molecule is CCCCNC(=O)c1ccc2c(c1)C(=O)OC2=O. The van der Waals surface area contributed by atoms with E-state index < -0.39 is 11.9 Å². The Kier molecular flexibility index (Phi) is 3.41. The number of rotatable bonds is 4. The van der Waals surface area contributed by atoms with Gasteiger partial charge in [-0.2, -0.15) is 0 Å². The maximum Gasteiger partial charge on any atom is 0.346 e. The van der Waals surface area contributed by atoms with Crippen LogP contribution in [0, 0.1) is 0 Å². The minimum atomic E-state index is -0.696. The van der Waals surface area contributed by atoms with Crippen molar-refractivity contribution in [2.24, 2.45) is 0 Å². The summed E-state index contributed by atoms with van der Waals surface area (Å²) >= 11 is 0. The average molecular weight is 247 g/mol. The lowest BCUT2D eigenvalue weighted by atomic mass is 10.1. The fourth-order valence-electron chi connectivity index (χ4n) is 1.71. The van der Waals surface area contributed by atoms with Crippen LogP contribution in [0.3, 0.4) is 0 Å². The second-order valence-electron chi connectivity index (χ2n) is 4.05. The Morgan fingerprint density at radius 1 is 1.22 bits per heavy atom. The highest BCUT2D eigenvalue weighted by Gasteiger charge is 2.30. The van der Waals surface area contributed by atoms with E-state index in [-0.39, 0.29) is 17.0 Å². The quantitative estimate of drug-likeness (QED) is 0.497. The molecule has 0 radical (unpaired) electrons. The lowest BCUT2D eigenvalue weighted by molar-refractivity contribution is 0.0443. The van der Waals surface area contributed by atoms with Crippen molar-refractivity contribution in [3.8, 4) is 0 Å². The molecule has 0 bridgehead atoms. The minimum absolute atomic E-state index is 0.156. The molecule has 1 aromatic carbocycles. The molecule has 2 rings (SSSR count). The Morgan fingerprint density at radius 3 is 2.67 bits per heavy atom. The highest BCUT2D eigenvalue weighted by Crippen LogP contribution is 2.21. The van der Waals surface area contributed by atoms with Crippen molar-refractivity contribution < 1.29 is 19.1 Å². The van der Waals surface area contributed by atoms with Gasteiger partial charge in [-0.1, -0.05) is 13.3 Å². The third kappa shape index (κ3) is 2.25. The highest BCUT2D eigenvalue weighted by atomic mass is 16.6. The number of ether oxygens (including phenoxy) is 1. The van der Waals surface area contributed by atoms with E-state index >= 15 is 0 Å². The van der Waals surface area contributed by atoms with E-state index in [1.807, 2.05) is 6.92 Å². The van der Waals surface area contributed by atoms with Crippen LogP contribution in [0.15, 0.2) is 18.2 Å². The molecule has 0 aliphatic carbocycles. The van der Waals surface area contributed by atoms with Crippen LogP contribution in [0.1, 0.15) is 50.8 Å². The fourth-order valence-corrected chi connectivity index (χ4v) is 1.71. The molecule has 1 aliphatic rings. The molecule has 1 heterocycles. The van der Waals surface area contributed by atoms with Gasteiger partial charge in [-0.05, 0) is 24.6 Å². The predicted molar refractivity (Wildman–Crippen MR) is 63.4 cm³/mol. The number of amides is 1. The largest absolute Gasteiger partial charge is 0.386 e. The smallest absolute Gasteiger partial charge is 0.346 e. The summed E-state index contributed by atoms with van der Waals surface area (Å²) in [5, 5.41) is 2.74. The molecule has 1 amide bonds. The van der Waals surface area contributed by atoms with Crippen LogP contribution < -0.4 is 5.32 Å². The van der Waals surface area contributed by atoms with Gasteiger partial charge in [0.25, 0.3) is 5.91 Å². The van der Waals surface area contributed by atoms with E-state index in [9.17, 15) is 14.4 Å². The highest BCUT2D eigenvalue weighted by molar-refractivity contribution is 6.15. The predicted octanol–water partition coefficient (Wildman–Crippen LogP) is 1.53. The normalized spacial score (nSPS) is 13.2. The minimum Gasteiger partial charge on any atom is -0.386 e. The summed E-state index contributed by atoms with van der Waals surface area (Å²) in [6.45, 7) is 2.62. The first-order chi connectivity index (χ1) is 8.63. The third-order valence-corrected chi connectivity index (χ3v) is 2.72. The molecule has 1 aliphatic heterocycles. The molecule has 5 nitrogen and oxygen atoms in total. The fraction of sp³-hybridized carbons (Fsp3) is 0.308. The van der Waals surface area contributed by atoms with Gasteiger partial charge < -0.3 is 10.1 Å². The molecular formula is C13H13NO4. The zero-order valence-electron chi connectivity index (χ0n) is 9.99. The zero-order valence-corrected chi connectivity index (χ0v) is 9.99. The van der Waals surface area contributed by atoms with E-state index in [1.54, 1.807) is 0 Å². The van der Waals surface area contributed by atoms with Crippen LogP contribution >= 0.6 is 0 Å². The Bertz CT molecular complexity index is 522. The first-order valence-electron chi connectivity index (χ1n) is 5.82. The van der Waals surface area contributed by atoms with Gasteiger partial charge in [0.2, 0.25) is 0 Å². The molecule has 0 unspecified atom stereocenters. The molecule has 0 saturated carbocycles. The third-order valence-electron chi connectivity index (χ3n) is 2.72. The molecule has 0 atom stereocenters. The lowest BCUT2D eigenvalue weighted by Crippen LogP contribution is -2.24. The molecule has 0 fully saturated rings. The molecule has 1 N–H and O–H groups in total. The number of hydrogen-bond donors (Lipinski definition) is 1. The average Bonchev–Trinajstić information content (AvgIpc) is 2.65. The zero-order chi connectivity index (χ0) is 13.1. The van der Waals surface area contributed by atoms with Crippen molar-refractivity contribution in [1.29, 1.82) is 0 Å². The van der Waals surface area contributed by atoms with Crippen LogP contribution in [0.25, 0.3) is 0 Å². The van der Waals surface area contributed by atoms with Gasteiger partial charge in [-0.15, -0.1) is 0 Å². The Labute approximate surface area is 104 Å². The number of benzene rings is 1. The number of esters is 2. The summed E-state index contributed by atoms with van der Waals surface area (Å²) in [5.74, 6) is -1.61. The van der Waals surface area contributed by atoms with Gasteiger partial charge >= 0.3 is 11.9 Å². The van der Waals surface area contributed by atoms with Crippen LogP contribution in [0.5, 0.6) is 0 Å². The van der Waals surface area contributed by atoms with Crippen molar-refractivity contribution >= 4 is 17.8 Å². The van der Waals surface area contributed by atoms with E-state index in [2.05, 4.69) is 10.1 Å². The second-order valence-corrected chi connectivity index (χ2v) is 4.05. The van der Waals surface area contributed by atoms with Gasteiger partial charge in [0.15, 0.2) is 0 Å². The molecule has 94 valence electrons. The summed E-state index contributed by atoms with van der Waals surface area (Å²) in [6, 6.07) is 4.35. The Hall–Kier alpha value is -2.17. The van der Waals surface area contributed by atoms with Gasteiger partial charge in [0.1, 0.15) is 0 Å². The van der Waals surface area contributed by atoms with Crippen molar-refractivity contribution in [1.82, 2.24) is 5.32 Å². The molecule has 5 heteroatoms. The van der Waals surface area contributed by atoms with Crippen LogP contribution in [0.4, 0.5) is 0 Å². The Morgan fingerprint density at radius 2 is 1.94 bits per heavy atom. The number of hydrogen-bond acceptors (Lipinski definition) is 4. The molecular weight excluding hydrogens is 234 g/mol.